The van der Waals surface area contributed by atoms with Crippen molar-refractivity contribution in [3.8, 4) is 0 Å². The average molecular weight is 385 g/mol. The third-order valence-corrected chi connectivity index (χ3v) is 5.72. The molecule has 1 atom stereocenters. The van der Waals surface area contributed by atoms with Crippen LogP contribution in [-0.2, 0) is 17.9 Å². The summed E-state index contributed by atoms with van der Waals surface area (Å²) < 4.78 is 0.711. The highest BCUT2D eigenvalue weighted by atomic mass is 32.2. The lowest BCUT2D eigenvalue weighted by molar-refractivity contribution is -0.131. The van der Waals surface area contributed by atoms with Gasteiger partial charge < -0.3 is 10.6 Å². The Hall–Kier alpha value is -2.38. The van der Waals surface area contributed by atoms with Crippen molar-refractivity contribution < 1.29 is 4.79 Å². The molecule has 2 aromatic carbocycles. The van der Waals surface area contributed by atoms with Crippen LogP contribution < -0.4 is 5.73 Å². The number of nitrogens with two attached hydrogens (primary N) is 1. The molecule has 0 unspecified atom stereocenters. The zero-order valence-electron chi connectivity index (χ0n) is 14.4. The Morgan fingerprint density at radius 1 is 1.04 bits per heavy atom. The first-order chi connectivity index (χ1) is 12.6. The standard InChI is InChI=1S/C19H20N4OS2/c1-14(25-19-22-21-18(20)26-19)17(24)23(12-15-8-4-2-5-9-15)13-16-10-6-3-7-11-16/h2-11,14H,12-13H2,1H3,(H2,20,21)/t14-/m0/s1. The first kappa shape index (κ1) is 18.4. The Kier molecular flexibility index (Phi) is 6.25. The zero-order valence-corrected chi connectivity index (χ0v) is 16.0. The van der Waals surface area contributed by atoms with E-state index in [1.807, 2.05) is 72.5 Å². The molecule has 26 heavy (non-hydrogen) atoms. The molecule has 3 rings (SSSR count). The SMILES string of the molecule is C[C@H](Sc1nnc(N)s1)C(=O)N(Cc1ccccc1)Cc1ccccc1. The molecule has 1 heterocycles. The molecule has 7 heteroatoms. The predicted octanol–water partition coefficient (Wildman–Crippen LogP) is 3.83. The van der Waals surface area contributed by atoms with Crippen molar-refractivity contribution >= 4 is 34.1 Å². The Balaban J connectivity index is 1.75. The molecule has 5 nitrogen and oxygen atoms in total. The van der Waals surface area contributed by atoms with Crippen molar-refractivity contribution in [2.75, 3.05) is 5.73 Å². The van der Waals surface area contributed by atoms with Gasteiger partial charge in [-0.2, -0.15) is 0 Å². The molecule has 1 aromatic heterocycles. The van der Waals surface area contributed by atoms with Crippen molar-refractivity contribution in [2.45, 2.75) is 29.6 Å². The summed E-state index contributed by atoms with van der Waals surface area (Å²) in [5.74, 6) is 0.0662. The molecule has 0 saturated carbocycles. The Morgan fingerprint density at radius 2 is 1.58 bits per heavy atom. The summed E-state index contributed by atoms with van der Waals surface area (Å²) >= 11 is 2.70. The highest BCUT2D eigenvalue weighted by Gasteiger charge is 2.23. The fourth-order valence-electron chi connectivity index (χ4n) is 2.55. The van der Waals surface area contributed by atoms with Crippen molar-refractivity contribution in [3.05, 3.63) is 71.8 Å². The number of nitrogens with zero attached hydrogens (tertiary/aromatic N) is 3. The van der Waals surface area contributed by atoms with Gasteiger partial charge in [-0.1, -0.05) is 83.8 Å². The highest BCUT2D eigenvalue weighted by molar-refractivity contribution is 8.02. The normalized spacial score (nSPS) is 11.9. The summed E-state index contributed by atoms with van der Waals surface area (Å²) in [6.07, 6.45) is 0. The monoisotopic (exact) mass is 384 g/mol. The van der Waals surface area contributed by atoms with Crippen LogP contribution in [0.2, 0.25) is 0 Å². The van der Waals surface area contributed by atoms with Gasteiger partial charge in [0.05, 0.1) is 5.25 Å². The number of carbonyl (C=O) groups excluding carboxylic acids is 1. The van der Waals surface area contributed by atoms with E-state index in [1.165, 1.54) is 23.1 Å². The number of hydrogen-bond acceptors (Lipinski definition) is 6. The van der Waals surface area contributed by atoms with Crippen LogP contribution in [0.5, 0.6) is 0 Å². The summed E-state index contributed by atoms with van der Waals surface area (Å²) in [6.45, 7) is 3.03. The van der Waals surface area contributed by atoms with E-state index in [1.54, 1.807) is 0 Å². The number of thioether (sulfide) groups is 1. The average Bonchev–Trinajstić information content (AvgIpc) is 3.07. The lowest BCUT2D eigenvalue weighted by atomic mass is 10.1. The van der Waals surface area contributed by atoms with Crippen LogP contribution in [0.1, 0.15) is 18.1 Å². The molecule has 1 amide bonds. The van der Waals surface area contributed by atoms with Crippen LogP contribution >= 0.6 is 23.1 Å². The highest BCUT2D eigenvalue weighted by Crippen LogP contribution is 2.29. The van der Waals surface area contributed by atoms with Gasteiger partial charge in [0, 0.05) is 13.1 Å². The van der Waals surface area contributed by atoms with E-state index in [4.69, 9.17) is 5.73 Å². The van der Waals surface area contributed by atoms with E-state index in [0.717, 1.165) is 11.1 Å². The largest absolute Gasteiger partial charge is 0.374 e. The lowest BCUT2D eigenvalue weighted by Crippen LogP contribution is -2.35. The first-order valence-corrected chi connectivity index (χ1v) is 9.93. The van der Waals surface area contributed by atoms with E-state index in [9.17, 15) is 4.79 Å². The number of amides is 1. The summed E-state index contributed by atoms with van der Waals surface area (Å²) in [4.78, 5) is 15.0. The molecule has 0 fully saturated rings. The molecular formula is C19H20N4OS2. The van der Waals surface area contributed by atoms with Crippen molar-refractivity contribution in [3.63, 3.8) is 0 Å². The number of anilines is 1. The third kappa shape index (κ3) is 5.06. The fourth-order valence-corrected chi connectivity index (χ4v) is 4.41. The van der Waals surface area contributed by atoms with E-state index >= 15 is 0 Å². The van der Waals surface area contributed by atoms with Gasteiger partial charge in [0.15, 0.2) is 4.34 Å². The molecule has 0 spiro atoms. The van der Waals surface area contributed by atoms with Gasteiger partial charge in [0.1, 0.15) is 0 Å². The topological polar surface area (TPSA) is 72.1 Å². The number of aromatic nitrogens is 2. The fraction of sp³-hybridized carbons (Fsp3) is 0.211. The van der Waals surface area contributed by atoms with Gasteiger partial charge in [-0.25, -0.2) is 0 Å². The number of hydrogen-bond donors (Lipinski definition) is 1. The minimum absolute atomic E-state index is 0.0662. The number of benzene rings is 2. The van der Waals surface area contributed by atoms with Crippen LogP contribution in [0.3, 0.4) is 0 Å². The van der Waals surface area contributed by atoms with Gasteiger partial charge in [-0.3, -0.25) is 4.79 Å². The second-order valence-corrected chi connectivity index (χ2v) is 8.43. The third-order valence-electron chi connectivity index (χ3n) is 3.79. The van der Waals surface area contributed by atoms with Gasteiger partial charge in [-0.05, 0) is 18.1 Å². The Bertz CT molecular complexity index is 798. The summed E-state index contributed by atoms with van der Waals surface area (Å²) in [6, 6.07) is 20.1. The van der Waals surface area contributed by atoms with Crippen LogP contribution in [0.4, 0.5) is 5.13 Å². The molecule has 0 aliphatic heterocycles. The predicted molar refractivity (Wildman–Crippen MR) is 107 cm³/mol. The smallest absolute Gasteiger partial charge is 0.236 e. The van der Waals surface area contributed by atoms with Crippen LogP contribution in [0.15, 0.2) is 65.0 Å². The summed E-state index contributed by atoms with van der Waals surface area (Å²) in [7, 11) is 0. The minimum atomic E-state index is -0.269. The molecule has 3 aromatic rings. The summed E-state index contributed by atoms with van der Waals surface area (Å²) in [5, 5.41) is 7.96. The Morgan fingerprint density at radius 3 is 2.04 bits per heavy atom. The van der Waals surface area contributed by atoms with Gasteiger partial charge in [0.2, 0.25) is 11.0 Å². The maximum absolute atomic E-state index is 13.1. The van der Waals surface area contributed by atoms with E-state index < -0.39 is 0 Å². The molecule has 0 radical (unpaired) electrons. The van der Waals surface area contributed by atoms with Gasteiger partial charge in [-0.15, -0.1) is 10.2 Å². The van der Waals surface area contributed by atoms with Crippen molar-refractivity contribution in [1.29, 1.82) is 0 Å². The van der Waals surface area contributed by atoms with E-state index in [0.29, 0.717) is 22.6 Å². The first-order valence-electron chi connectivity index (χ1n) is 8.24. The second-order valence-electron chi connectivity index (χ2n) is 5.83. The van der Waals surface area contributed by atoms with E-state index in [2.05, 4.69) is 10.2 Å². The Labute approximate surface area is 161 Å². The molecule has 0 bridgehead atoms. The molecule has 0 aliphatic rings. The zero-order chi connectivity index (χ0) is 18.4. The maximum atomic E-state index is 13.1. The van der Waals surface area contributed by atoms with Crippen molar-refractivity contribution in [2.24, 2.45) is 0 Å². The van der Waals surface area contributed by atoms with Crippen LogP contribution in [0.25, 0.3) is 0 Å². The van der Waals surface area contributed by atoms with E-state index in [-0.39, 0.29) is 11.2 Å². The lowest BCUT2D eigenvalue weighted by Gasteiger charge is -2.25. The molecule has 2 N–H and O–H groups in total. The summed E-state index contributed by atoms with van der Waals surface area (Å²) in [5.41, 5.74) is 7.84. The second kappa shape index (κ2) is 8.82. The number of rotatable bonds is 7. The minimum Gasteiger partial charge on any atom is -0.374 e. The number of carbonyl (C=O) groups is 1. The quantitative estimate of drug-likeness (QED) is 0.627. The van der Waals surface area contributed by atoms with Gasteiger partial charge in [0.25, 0.3) is 0 Å². The molecule has 134 valence electrons. The molecule has 0 aliphatic carbocycles. The maximum Gasteiger partial charge on any atom is 0.236 e. The molecule has 0 saturated heterocycles. The molecular weight excluding hydrogens is 364 g/mol. The number of nitrogen functional groups attached to an aromatic ring is 1. The van der Waals surface area contributed by atoms with Crippen LogP contribution in [-0.4, -0.2) is 26.3 Å². The van der Waals surface area contributed by atoms with Crippen molar-refractivity contribution in [1.82, 2.24) is 15.1 Å². The van der Waals surface area contributed by atoms with Crippen LogP contribution in [0, 0.1) is 0 Å². The van der Waals surface area contributed by atoms with Gasteiger partial charge >= 0.3 is 0 Å².